The van der Waals surface area contributed by atoms with E-state index in [2.05, 4.69) is 32.8 Å². The summed E-state index contributed by atoms with van der Waals surface area (Å²) in [4.78, 5) is 5.67. The molecule has 6 heteroatoms. The van der Waals surface area contributed by atoms with E-state index in [1.807, 2.05) is 50.4 Å². The van der Waals surface area contributed by atoms with Gasteiger partial charge < -0.3 is 19.3 Å². The summed E-state index contributed by atoms with van der Waals surface area (Å²) in [6, 6.07) is 9.74. The van der Waals surface area contributed by atoms with E-state index in [1.54, 1.807) is 12.1 Å². The van der Waals surface area contributed by atoms with E-state index in [4.69, 9.17) is 25.5 Å². The van der Waals surface area contributed by atoms with Gasteiger partial charge in [0.25, 0.3) is 0 Å². The first-order chi connectivity index (χ1) is 16.2. The topological polar surface area (TPSA) is 60.4 Å². The highest BCUT2D eigenvalue weighted by molar-refractivity contribution is 5.13. The summed E-state index contributed by atoms with van der Waals surface area (Å²) < 4.78 is 17.3. The highest BCUT2D eigenvalue weighted by Crippen LogP contribution is 2.35. The molecule has 2 fully saturated rings. The Hall–Kier alpha value is -1.88. The van der Waals surface area contributed by atoms with Crippen LogP contribution >= 0.6 is 0 Å². The zero-order valence-electron chi connectivity index (χ0n) is 21.3. The smallest absolute Gasteiger partial charge is 0.130 e. The summed E-state index contributed by atoms with van der Waals surface area (Å²) in [5.41, 5.74) is 1.11. The van der Waals surface area contributed by atoms with Crippen LogP contribution in [0.4, 0.5) is 0 Å². The van der Waals surface area contributed by atoms with Crippen LogP contribution in [-0.4, -0.2) is 60.4 Å². The van der Waals surface area contributed by atoms with Crippen LogP contribution in [0.5, 0.6) is 0 Å². The summed E-state index contributed by atoms with van der Waals surface area (Å²) in [6.45, 7) is 11.9. The van der Waals surface area contributed by atoms with Crippen LogP contribution in [-0.2, 0) is 25.7 Å². The van der Waals surface area contributed by atoms with Gasteiger partial charge in [0, 0.05) is 24.8 Å². The molecule has 0 radical (unpaired) electrons. The molecule has 0 saturated carbocycles. The minimum atomic E-state index is -0.660. The number of rotatable bonds is 6. The van der Waals surface area contributed by atoms with E-state index >= 15 is 0 Å². The highest BCUT2D eigenvalue weighted by Gasteiger charge is 2.46. The molecule has 9 atom stereocenters. The monoisotopic (exact) mass is 487 g/mol. The summed E-state index contributed by atoms with van der Waals surface area (Å²) in [6.07, 6.45) is 8.73. The second-order valence-electron chi connectivity index (χ2n) is 10.0. The van der Waals surface area contributed by atoms with Gasteiger partial charge in [0.15, 0.2) is 0 Å². The van der Waals surface area contributed by atoms with Crippen molar-refractivity contribution in [1.29, 1.82) is 0 Å². The van der Waals surface area contributed by atoms with Gasteiger partial charge in [0.2, 0.25) is 0 Å². The molecule has 1 aromatic carbocycles. The largest absolute Gasteiger partial charge is 0.495 e. The Bertz CT molecular complexity index is 822. The first-order valence-corrected chi connectivity index (χ1v) is 12.4. The molecule has 3 aliphatic heterocycles. The van der Waals surface area contributed by atoms with Gasteiger partial charge in [-0.1, -0.05) is 58.5 Å². The number of nitrogens with zero attached hydrogens (tertiary/aromatic N) is 1. The van der Waals surface area contributed by atoms with Crippen LogP contribution in [0.1, 0.15) is 47.6 Å². The highest BCUT2D eigenvalue weighted by atomic mass is 16.7. The molecule has 0 bridgehead atoms. The minimum Gasteiger partial charge on any atom is -0.495 e. The first kappa shape index (κ1) is 29.4. The van der Waals surface area contributed by atoms with Crippen LogP contribution in [0.2, 0.25) is 0 Å². The predicted molar refractivity (Wildman–Crippen MR) is 139 cm³/mol. The van der Waals surface area contributed by atoms with Crippen molar-refractivity contribution in [3.8, 4) is 12.3 Å². The van der Waals surface area contributed by atoms with E-state index in [1.165, 1.54) is 0 Å². The normalized spacial score (nSPS) is 33.5. The van der Waals surface area contributed by atoms with Gasteiger partial charge in [0.1, 0.15) is 24.4 Å². The standard InChI is InChI=1S/C17H23NO3.C11H18O2.CH4/c1-5-12(2)17-16(19)15(18(4)21-17)13(3)20-11-14-9-7-6-8-10-14;1-7(2)9-6-13-10-8(3)4-5-12-11(9)10;/h1,6-10,12-13,15-17,19H,11H2,2-4H3;4-5,7-11H,6H2,1-3H3;1H4/t12-,13-,15-,16-,17-;8-,9-,10-,11-;/m11./s1. The molecule has 0 amide bonds. The number of benzene rings is 1. The maximum absolute atomic E-state index is 10.4. The second-order valence-corrected chi connectivity index (χ2v) is 10.0. The summed E-state index contributed by atoms with van der Waals surface area (Å²) >= 11 is 0. The minimum absolute atomic E-state index is 0. The Morgan fingerprint density at radius 2 is 1.86 bits per heavy atom. The molecule has 0 aromatic heterocycles. The summed E-state index contributed by atoms with van der Waals surface area (Å²) in [7, 11) is 1.81. The average molecular weight is 488 g/mol. The Morgan fingerprint density at radius 3 is 2.49 bits per heavy atom. The molecule has 3 heterocycles. The Balaban J connectivity index is 0.000000265. The average Bonchev–Trinajstić information content (AvgIpc) is 3.40. The van der Waals surface area contributed by atoms with E-state index in [-0.39, 0.29) is 37.7 Å². The molecule has 0 unspecified atom stereocenters. The zero-order chi connectivity index (χ0) is 24.8. The lowest BCUT2D eigenvalue weighted by molar-refractivity contribution is -0.168. The zero-order valence-corrected chi connectivity index (χ0v) is 21.3. The molecule has 1 N–H and O–H groups in total. The van der Waals surface area contributed by atoms with E-state index < -0.39 is 6.10 Å². The van der Waals surface area contributed by atoms with Gasteiger partial charge in [-0.2, -0.15) is 5.06 Å². The number of hydroxylamine groups is 2. The lowest BCUT2D eigenvalue weighted by Gasteiger charge is -2.30. The van der Waals surface area contributed by atoms with E-state index in [0.717, 1.165) is 12.2 Å². The second kappa shape index (κ2) is 13.4. The lowest BCUT2D eigenvalue weighted by Crippen LogP contribution is -2.44. The number of aliphatic hydroxyl groups excluding tert-OH is 1. The van der Waals surface area contributed by atoms with Crippen LogP contribution < -0.4 is 0 Å². The molecule has 3 aliphatic rings. The van der Waals surface area contributed by atoms with Crippen LogP contribution in [0, 0.1) is 36.0 Å². The molecule has 1 aromatic rings. The van der Waals surface area contributed by atoms with Crippen LogP contribution in [0.15, 0.2) is 42.7 Å². The van der Waals surface area contributed by atoms with Crippen molar-refractivity contribution >= 4 is 0 Å². The van der Waals surface area contributed by atoms with Gasteiger partial charge in [-0.25, -0.2) is 0 Å². The fourth-order valence-electron chi connectivity index (χ4n) is 4.92. The number of ether oxygens (including phenoxy) is 3. The number of likely N-dealkylation sites (N-methyl/N-ethyl adjacent to an activating group) is 1. The number of aliphatic hydroxyl groups is 1. The quantitative estimate of drug-likeness (QED) is 0.588. The molecule has 35 heavy (non-hydrogen) atoms. The van der Waals surface area contributed by atoms with Gasteiger partial charge >= 0.3 is 0 Å². The third-order valence-electron chi connectivity index (χ3n) is 7.21. The molecule has 0 spiro atoms. The fraction of sp³-hybridized carbons (Fsp3) is 0.655. The molecule has 196 valence electrons. The Kier molecular flexibility index (Phi) is 11.3. The number of hydrogen-bond acceptors (Lipinski definition) is 6. The molecular weight excluding hydrogens is 442 g/mol. The van der Waals surface area contributed by atoms with Crippen molar-refractivity contribution in [1.82, 2.24) is 5.06 Å². The SMILES string of the molecule is C.C#C[C@@H](C)[C@H]1ON(C)[C@H]([C@@H](C)OCc2ccccc2)[C@H]1O.CC(C)[C@H]1CO[C@H]2[C@@H]1OC=C[C@H]2C. The fourth-order valence-corrected chi connectivity index (χ4v) is 4.92. The molecule has 2 saturated heterocycles. The predicted octanol–water partition coefficient (Wildman–Crippen LogP) is 4.68. The number of fused-ring (bicyclic) bond motifs is 1. The van der Waals surface area contributed by atoms with Crippen molar-refractivity contribution < 1.29 is 24.2 Å². The van der Waals surface area contributed by atoms with Crippen molar-refractivity contribution in [2.24, 2.45) is 23.7 Å². The maximum Gasteiger partial charge on any atom is 0.130 e. The molecule has 6 nitrogen and oxygen atoms in total. The molecule has 0 aliphatic carbocycles. The number of hydrogen-bond donors (Lipinski definition) is 1. The molecule has 4 rings (SSSR count). The summed E-state index contributed by atoms with van der Waals surface area (Å²) in [5.74, 6) is 4.19. The Morgan fingerprint density at radius 1 is 1.17 bits per heavy atom. The van der Waals surface area contributed by atoms with Crippen molar-refractivity contribution in [3.63, 3.8) is 0 Å². The van der Waals surface area contributed by atoms with E-state index in [9.17, 15) is 5.11 Å². The Labute approximate surface area is 212 Å². The van der Waals surface area contributed by atoms with Crippen molar-refractivity contribution in [3.05, 3.63) is 48.2 Å². The van der Waals surface area contributed by atoms with Crippen LogP contribution in [0.3, 0.4) is 0 Å². The molecular formula is C29H45NO5. The van der Waals surface area contributed by atoms with Gasteiger partial charge in [-0.15, -0.1) is 12.3 Å². The summed E-state index contributed by atoms with van der Waals surface area (Å²) in [5, 5.41) is 12.1. The van der Waals surface area contributed by atoms with E-state index in [0.29, 0.717) is 30.5 Å². The number of terminal acetylenes is 1. The van der Waals surface area contributed by atoms with Crippen LogP contribution in [0.25, 0.3) is 0 Å². The third kappa shape index (κ3) is 7.09. The van der Waals surface area contributed by atoms with Crippen molar-refractivity contribution in [2.45, 2.75) is 85.2 Å². The lowest BCUT2D eigenvalue weighted by atomic mass is 9.86. The maximum atomic E-state index is 10.4. The van der Waals surface area contributed by atoms with Gasteiger partial charge in [-0.3, -0.25) is 4.84 Å². The first-order valence-electron chi connectivity index (χ1n) is 12.4. The third-order valence-corrected chi connectivity index (χ3v) is 7.21. The van der Waals surface area contributed by atoms with Gasteiger partial charge in [0.05, 0.1) is 31.6 Å². The van der Waals surface area contributed by atoms with Gasteiger partial charge in [-0.05, 0) is 31.4 Å². The van der Waals surface area contributed by atoms with Crippen molar-refractivity contribution in [2.75, 3.05) is 13.7 Å².